The Balaban J connectivity index is 2.57. The first kappa shape index (κ1) is 17.0. The number of nitrogens with two attached hydrogens (primary N) is 2. The van der Waals surface area contributed by atoms with Gasteiger partial charge in [0.1, 0.15) is 0 Å². The number of rotatable bonds is 6. The highest BCUT2D eigenvalue weighted by Gasteiger charge is 2.39. The lowest BCUT2D eigenvalue weighted by molar-refractivity contribution is 0.0687. The highest BCUT2D eigenvalue weighted by atomic mass is 14.7. The summed E-state index contributed by atoms with van der Waals surface area (Å²) in [7, 11) is 0. The van der Waals surface area contributed by atoms with Crippen LogP contribution in [0, 0.1) is 23.2 Å². The van der Waals surface area contributed by atoms with Crippen molar-refractivity contribution in [1.82, 2.24) is 0 Å². The molecule has 0 aromatic rings. The zero-order chi connectivity index (χ0) is 14.6. The molecular formula is C17H36N2. The third-order valence-electron chi connectivity index (χ3n) is 5.56. The van der Waals surface area contributed by atoms with Crippen molar-refractivity contribution in [3.8, 4) is 0 Å². The molecule has 1 rings (SSSR count). The van der Waals surface area contributed by atoms with Gasteiger partial charge in [-0.25, -0.2) is 0 Å². The zero-order valence-electron chi connectivity index (χ0n) is 13.8. The second-order valence-electron chi connectivity index (χ2n) is 7.75. The molecule has 0 saturated heterocycles. The van der Waals surface area contributed by atoms with Crippen molar-refractivity contribution in [2.24, 2.45) is 34.6 Å². The number of hydrogen-bond acceptors (Lipinski definition) is 2. The molecule has 1 aliphatic carbocycles. The van der Waals surface area contributed by atoms with Gasteiger partial charge in [-0.1, -0.05) is 40.5 Å². The summed E-state index contributed by atoms with van der Waals surface area (Å²) in [5.74, 6) is 2.23. The van der Waals surface area contributed by atoms with Crippen molar-refractivity contribution in [2.75, 3.05) is 0 Å². The average Bonchev–Trinajstić information content (AvgIpc) is 2.31. The molecule has 1 saturated carbocycles. The normalized spacial score (nSPS) is 34.3. The molecule has 0 bridgehead atoms. The third-order valence-corrected chi connectivity index (χ3v) is 5.56. The van der Waals surface area contributed by atoms with Crippen LogP contribution in [-0.4, -0.2) is 12.1 Å². The molecule has 0 aliphatic heterocycles. The van der Waals surface area contributed by atoms with Crippen LogP contribution < -0.4 is 11.5 Å². The maximum absolute atomic E-state index is 6.36. The Kier molecular flexibility index (Phi) is 6.32. The largest absolute Gasteiger partial charge is 0.328 e. The molecular weight excluding hydrogens is 232 g/mol. The average molecular weight is 268 g/mol. The number of hydrogen-bond donors (Lipinski definition) is 2. The van der Waals surface area contributed by atoms with Crippen molar-refractivity contribution in [3.63, 3.8) is 0 Å². The first-order chi connectivity index (χ1) is 8.77. The Bertz CT molecular complexity index is 260. The first-order valence-corrected chi connectivity index (χ1v) is 8.29. The van der Waals surface area contributed by atoms with E-state index in [1.807, 2.05) is 0 Å². The maximum Gasteiger partial charge on any atom is 0.00931 e. The first-order valence-electron chi connectivity index (χ1n) is 8.29. The van der Waals surface area contributed by atoms with Crippen molar-refractivity contribution in [2.45, 2.75) is 85.2 Å². The standard InChI is InChI=1S/C17H36N2/c1-6-14-11-15(10-12(2)16(14)19)17(4,5)9-7-8-13(3)18/h12-16H,6-11,18-19H2,1-5H3. The van der Waals surface area contributed by atoms with Gasteiger partial charge in [0.2, 0.25) is 0 Å². The van der Waals surface area contributed by atoms with Gasteiger partial charge in [-0.2, -0.15) is 0 Å². The summed E-state index contributed by atoms with van der Waals surface area (Å²) >= 11 is 0. The molecule has 19 heavy (non-hydrogen) atoms. The van der Waals surface area contributed by atoms with E-state index in [1.54, 1.807) is 0 Å². The summed E-state index contributed by atoms with van der Waals surface area (Å²) in [5.41, 5.74) is 12.7. The fraction of sp³-hybridized carbons (Fsp3) is 1.00. The van der Waals surface area contributed by atoms with Crippen LogP contribution in [0.4, 0.5) is 0 Å². The van der Waals surface area contributed by atoms with E-state index in [9.17, 15) is 0 Å². The fourth-order valence-corrected chi connectivity index (χ4v) is 3.85. The van der Waals surface area contributed by atoms with Crippen LogP contribution in [-0.2, 0) is 0 Å². The Morgan fingerprint density at radius 3 is 2.42 bits per heavy atom. The summed E-state index contributed by atoms with van der Waals surface area (Å²) in [4.78, 5) is 0. The molecule has 0 aromatic heterocycles. The molecule has 0 radical (unpaired) electrons. The molecule has 1 fully saturated rings. The van der Waals surface area contributed by atoms with Crippen LogP contribution in [0.5, 0.6) is 0 Å². The van der Waals surface area contributed by atoms with Crippen LogP contribution in [0.1, 0.15) is 73.1 Å². The summed E-state index contributed by atoms with van der Waals surface area (Å²) in [5, 5.41) is 0. The summed E-state index contributed by atoms with van der Waals surface area (Å²) in [6.07, 6.45) is 7.59. The van der Waals surface area contributed by atoms with Crippen LogP contribution >= 0.6 is 0 Å². The van der Waals surface area contributed by atoms with Gasteiger partial charge in [-0.15, -0.1) is 0 Å². The second-order valence-corrected chi connectivity index (χ2v) is 7.75. The molecule has 114 valence electrons. The highest BCUT2D eigenvalue weighted by Crippen LogP contribution is 2.45. The fourth-order valence-electron chi connectivity index (χ4n) is 3.85. The van der Waals surface area contributed by atoms with Crippen molar-refractivity contribution >= 4 is 0 Å². The quantitative estimate of drug-likeness (QED) is 0.767. The summed E-state index contributed by atoms with van der Waals surface area (Å²) in [6, 6.07) is 0.763. The Morgan fingerprint density at radius 1 is 1.26 bits per heavy atom. The highest BCUT2D eigenvalue weighted by molar-refractivity contribution is 4.91. The summed E-state index contributed by atoms with van der Waals surface area (Å²) < 4.78 is 0. The monoisotopic (exact) mass is 268 g/mol. The molecule has 1 aliphatic rings. The van der Waals surface area contributed by atoms with Crippen molar-refractivity contribution in [3.05, 3.63) is 0 Å². The van der Waals surface area contributed by atoms with Gasteiger partial charge in [0.05, 0.1) is 0 Å². The van der Waals surface area contributed by atoms with Gasteiger partial charge >= 0.3 is 0 Å². The minimum absolute atomic E-state index is 0.345. The van der Waals surface area contributed by atoms with Crippen molar-refractivity contribution in [1.29, 1.82) is 0 Å². The lowest BCUT2D eigenvalue weighted by atomic mass is 9.62. The third kappa shape index (κ3) is 4.75. The molecule has 2 nitrogen and oxygen atoms in total. The molecule has 0 amide bonds. The molecule has 2 heteroatoms. The van der Waals surface area contributed by atoms with Crippen LogP contribution in [0.3, 0.4) is 0 Å². The Morgan fingerprint density at radius 2 is 1.89 bits per heavy atom. The zero-order valence-corrected chi connectivity index (χ0v) is 13.8. The van der Waals surface area contributed by atoms with Crippen molar-refractivity contribution < 1.29 is 0 Å². The predicted octanol–water partition coefficient (Wildman–Crippen LogP) is 3.93. The molecule has 0 spiro atoms. The van der Waals surface area contributed by atoms with Crippen LogP contribution in [0.25, 0.3) is 0 Å². The molecule has 0 aromatic carbocycles. The molecule has 0 heterocycles. The van der Waals surface area contributed by atoms with E-state index in [0.29, 0.717) is 23.4 Å². The van der Waals surface area contributed by atoms with E-state index in [2.05, 4.69) is 34.6 Å². The van der Waals surface area contributed by atoms with E-state index in [0.717, 1.165) is 18.3 Å². The minimum Gasteiger partial charge on any atom is -0.328 e. The van der Waals surface area contributed by atoms with E-state index in [4.69, 9.17) is 11.5 Å². The Labute approximate surface area is 120 Å². The topological polar surface area (TPSA) is 52.0 Å². The van der Waals surface area contributed by atoms with Gasteiger partial charge in [0.25, 0.3) is 0 Å². The van der Waals surface area contributed by atoms with E-state index in [-0.39, 0.29) is 0 Å². The van der Waals surface area contributed by atoms with E-state index < -0.39 is 0 Å². The molecule has 5 unspecified atom stereocenters. The van der Waals surface area contributed by atoms with Gasteiger partial charge in [0.15, 0.2) is 0 Å². The Hall–Kier alpha value is -0.0800. The second kappa shape index (κ2) is 7.08. The van der Waals surface area contributed by atoms with Crippen LogP contribution in [0.15, 0.2) is 0 Å². The molecule has 5 atom stereocenters. The lowest BCUT2D eigenvalue weighted by Crippen LogP contribution is -2.45. The SMILES string of the molecule is CCC1CC(C(C)(C)CCCC(C)N)CC(C)C1N. The smallest absolute Gasteiger partial charge is 0.00931 e. The lowest BCUT2D eigenvalue weighted by Gasteiger charge is -2.45. The van der Waals surface area contributed by atoms with Gasteiger partial charge in [-0.3, -0.25) is 0 Å². The predicted molar refractivity (Wildman–Crippen MR) is 84.9 cm³/mol. The maximum atomic E-state index is 6.36. The van der Waals surface area contributed by atoms with Gasteiger partial charge in [-0.05, 0) is 55.8 Å². The molecule has 4 N–H and O–H groups in total. The van der Waals surface area contributed by atoms with E-state index >= 15 is 0 Å². The summed E-state index contributed by atoms with van der Waals surface area (Å²) in [6.45, 7) is 11.7. The van der Waals surface area contributed by atoms with Crippen LogP contribution in [0.2, 0.25) is 0 Å². The van der Waals surface area contributed by atoms with Gasteiger partial charge in [0, 0.05) is 12.1 Å². The minimum atomic E-state index is 0.345. The van der Waals surface area contributed by atoms with E-state index in [1.165, 1.54) is 32.1 Å². The van der Waals surface area contributed by atoms with Gasteiger partial charge < -0.3 is 11.5 Å².